The summed E-state index contributed by atoms with van der Waals surface area (Å²) in [6.07, 6.45) is 6.48. The van der Waals surface area contributed by atoms with E-state index in [9.17, 15) is 5.11 Å². The number of hydrogen-bond acceptors (Lipinski definition) is 5. The van der Waals surface area contributed by atoms with Crippen molar-refractivity contribution in [1.82, 2.24) is 14.9 Å². The van der Waals surface area contributed by atoms with Crippen molar-refractivity contribution in [2.75, 3.05) is 25.0 Å². The van der Waals surface area contributed by atoms with E-state index in [1.807, 2.05) is 6.20 Å². The van der Waals surface area contributed by atoms with E-state index in [0.29, 0.717) is 0 Å². The van der Waals surface area contributed by atoms with Crippen molar-refractivity contribution in [3.8, 4) is 0 Å². The summed E-state index contributed by atoms with van der Waals surface area (Å²) in [7, 11) is 0. The summed E-state index contributed by atoms with van der Waals surface area (Å²) < 4.78 is 0. The highest BCUT2D eigenvalue weighted by molar-refractivity contribution is 5.30. The molecule has 5 heteroatoms. The van der Waals surface area contributed by atoms with Crippen LogP contribution < -0.4 is 5.32 Å². The van der Waals surface area contributed by atoms with Crippen molar-refractivity contribution in [3.05, 3.63) is 18.1 Å². The molecule has 1 saturated heterocycles. The Morgan fingerprint density at radius 3 is 3.00 bits per heavy atom. The van der Waals surface area contributed by atoms with Crippen LogP contribution in [0.25, 0.3) is 0 Å². The molecule has 1 aliphatic heterocycles. The standard InChI is InChI=1S/C13H22N4O/c1-2-5-14-13-8-15-11(7-16-13)9-17-6-3-4-12(18)10-17/h7-8,12,18H,2-6,9-10H2,1H3,(H,14,16). The lowest BCUT2D eigenvalue weighted by Gasteiger charge is -2.29. The predicted molar refractivity (Wildman–Crippen MR) is 71.3 cm³/mol. The Morgan fingerprint density at radius 1 is 1.44 bits per heavy atom. The number of piperidine rings is 1. The van der Waals surface area contributed by atoms with Crippen LogP contribution in [0.5, 0.6) is 0 Å². The molecule has 2 rings (SSSR count). The number of hydrogen-bond donors (Lipinski definition) is 2. The zero-order valence-electron chi connectivity index (χ0n) is 11.0. The summed E-state index contributed by atoms with van der Waals surface area (Å²) in [4.78, 5) is 11.0. The third kappa shape index (κ3) is 3.92. The third-order valence-corrected chi connectivity index (χ3v) is 3.13. The van der Waals surface area contributed by atoms with Gasteiger partial charge in [0, 0.05) is 19.6 Å². The Labute approximate surface area is 108 Å². The Bertz CT molecular complexity index is 355. The first-order valence-corrected chi connectivity index (χ1v) is 6.73. The van der Waals surface area contributed by atoms with Gasteiger partial charge in [0.1, 0.15) is 5.82 Å². The van der Waals surface area contributed by atoms with Crippen LogP contribution in [0.1, 0.15) is 31.9 Å². The minimum Gasteiger partial charge on any atom is -0.392 e. The smallest absolute Gasteiger partial charge is 0.144 e. The second kappa shape index (κ2) is 6.66. The molecule has 100 valence electrons. The number of likely N-dealkylation sites (tertiary alicyclic amines) is 1. The van der Waals surface area contributed by atoms with Crippen LogP contribution in [-0.4, -0.2) is 45.7 Å². The second-order valence-electron chi connectivity index (χ2n) is 4.85. The zero-order chi connectivity index (χ0) is 12.8. The van der Waals surface area contributed by atoms with Crippen LogP contribution >= 0.6 is 0 Å². The molecule has 1 unspecified atom stereocenters. The van der Waals surface area contributed by atoms with Gasteiger partial charge in [-0.1, -0.05) is 6.92 Å². The molecule has 2 heterocycles. The monoisotopic (exact) mass is 250 g/mol. The number of anilines is 1. The number of aliphatic hydroxyl groups excluding tert-OH is 1. The summed E-state index contributed by atoms with van der Waals surface area (Å²) in [5, 5.41) is 12.8. The van der Waals surface area contributed by atoms with Gasteiger partial charge < -0.3 is 10.4 Å². The lowest BCUT2D eigenvalue weighted by atomic mass is 10.1. The average molecular weight is 250 g/mol. The molecule has 0 radical (unpaired) electrons. The van der Waals surface area contributed by atoms with E-state index in [1.165, 1.54) is 0 Å². The van der Waals surface area contributed by atoms with E-state index in [2.05, 4.69) is 27.1 Å². The molecule has 0 aliphatic carbocycles. The van der Waals surface area contributed by atoms with Crippen molar-refractivity contribution in [3.63, 3.8) is 0 Å². The van der Waals surface area contributed by atoms with Gasteiger partial charge in [-0.15, -0.1) is 0 Å². The van der Waals surface area contributed by atoms with E-state index >= 15 is 0 Å². The maximum absolute atomic E-state index is 9.61. The van der Waals surface area contributed by atoms with Crippen LogP contribution in [0, 0.1) is 0 Å². The van der Waals surface area contributed by atoms with E-state index in [1.54, 1.807) is 6.20 Å². The first-order chi connectivity index (χ1) is 8.78. The highest BCUT2D eigenvalue weighted by Crippen LogP contribution is 2.12. The Kier molecular flexibility index (Phi) is 4.90. The quantitative estimate of drug-likeness (QED) is 0.823. The summed E-state index contributed by atoms with van der Waals surface area (Å²) in [5.74, 6) is 0.833. The summed E-state index contributed by atoms with van der Waals surface area (Å²) >= 11 is 0. The molecule has 1 aromatic rings. The molecule has 0 bridgehead atoms. The maximum Gasteiger partial charge on any atom is 0.144 e. The average Bonchev–Trinajstić information content (AvgIpc) is 2.38. The Morgan fingerprint density at radius 2 is 2.33 bits per heavy atom. The van der Waals surface area contributed by atoms with Crippen LogP contribution in [0.4, 0.5) is 5.82 Å². The largest absolute Gasteiger partial charge is 0.392 e. The Hall–Kier alpha value is -1.20. The molecule has 0 spiro atoms. The minimum absolute atomic E-state index is 0.183. The van der Waals surface area contributed by atoms with Crippen LogP contribution in [0.2, 0.25) is 0 Å². The fourth-order valence-electron chi connectivity index (χ4n) is 2.18. The number of β-amino-alcohol motifs (C(OH)–C–C–N with tert-alkyl or cyclic N) is 1. The molecule has 1 aromatic heterocycles. The van der Waals surface area contributed by atoms with Gasteiger partial charge in [-0.3, -0.25) is 9.88 Å². The zero-order valence-corrected chi connectivity index (χ0v) is 11.0. The van der Waals surface area contributed by atoms with Crippen molar-refractivity contribution in [1.29, 1.82) is 0 Å². The molecular weight excluding hydrogens is 228 g/mol. The van der Waals surface area contributed by atoms with Crippen LogP contribution in [0.15, 0.2) is 12.4 Å². The van der Waals surface area contributed by atoms with E-state index in [4.69, 9.17) is 0 Å². The van der Waals surface area contributed by atoms with Crippen molar-refractivity contribution in [2.45, 2.75) is 38.8 Å². The Balaban J connectivity index is 1.85. The first-order valence-electron chi connectivity index (χ1n) is 6.73. The van der Waals surface area contributed by atoms with E-state index < -0.39 is 0 Å². The van der Waals surface area contributed by atoms with Gasteiger partial charge in [-0.25, -0.2) is 4.98 Å². The van der Waals surface area contributed by atoms with Gasteiger partial charge in [0.25, 0.3) is 0 Å². The number of aromatic nitrogens is 2. The summed E-state index contributed by atoms with van der Waals surface area (Å²) in [5.41, 5.74) is 0.964. The van der Waals surface area contributed by atoms with Gasteiger partial charge >= 0.3 is 0 Å². The van der Waals surface area contributed by atoms with Gasteiger partial charge in [0.05, 0.1) is 24.2 Å². The second-order valence-corrected chi connectivity index (χ2v) is 4.85. The molecule has 1 fully saturated rings. The number of nitrogens with zero attached hydrogens (tertiary/aromatic N) is 3. The fraction of sp³-hybridized carbons (Fsp3) is 0.692. The lowest BCUT2D eigenvalue weighted by molar-refractivity contribution is 0.0661. The molecule has 1 atom stereocenters. The van der Waals surface area contributed by atoms with Gasteiger partial charge in [0.2, 0.25) is 0 Å². The van der Waals surface area contributed by atoms with Crippen LogP contribution in [-0.2, 0) is 6.54 Å². The van der Waals surface area contributed by atoms with E-state index in [-0.39, 0.29) is 6.10 Å². The third-order valence-electron chi connectivity index (χ3n) is 3.13. The fourth-order valence-corrected chi connectivity index (χ4v) is 2.18. The van der Waals surface area contributed by atoms with Gasteiger partial charge in [-0.2, -0.15) is 0 Å². The molecule has 1 aliphatic rings. The number of aliphatic hydroxyl groups is 1. The van der Waals surface area contributed by atoms with Crippen molar-refractivity contribution in [2.24, 2.45) is 0 Å². The summed E-state index contributed by atoms with van der Waals surface area (Å²) in [6.45, 7) is 5.60. The molecule has 0 aromatic carbocycles. The normalized spacial score (nSPS) is 20.9. The lowest BCUT2D eigenvalue weighted by Crippen LogP contribution is -2.37. The predicted octanol–water partition coefficient (Wildman–Crippen LogP) is 1.26. The minimum atomic E-state index is -0.183. The van der Waals surface area contributed by atoms with Crippen molar-refractivity contribution >= 4 is 5.82 Å². The molecule has 18 heavy (non-hydrogen) atoms. The molecular formula is C13H22N4O. The van der Waals surface area contributed by atoms with Crippen molar-refractivity contribution < 1.29 is 5.11 Å². The molecule has 2 N–H and O–H groups in total. The molecule has 5 nitrogen and oxygen atoms in total. The SMILES string of the molecule is CCCNc1cnc(CN2CCCC(O)C2)cn1. The van der Waals surface area contributed by atoms with Crippen LogP contribution in [0.3, 0.4) is 0 Å². The topological polar surface area (TPSA) is 61.3 Å². The van der Waals surface area contributed by atoms with E-state index in [0.717, 1.165) is 57.0 Å². The number of nitrogens with one attached hydrogen (secondary N) is 1. The first kappa shape index (κ1) is 13.2. The maximum atomic E-state index is 9.61. The highest BCUT2D eigenvalue weighted by atomic mass is 16.3. The summed E-state index contributed by atoms with van der Waals surface area (Å²) in [6, 6.07) is 0. The van der Waals surface area contributed by atoms with Gasteiger partial charge in [-0.05, 0) is 25.8 Å². The molecule has 0 amide bonds. The van der Waals surface area contributed by atoms with Gasteiger partial charge in [0.15, 0.2) is 0 Å². The molecule has 0 saturated carbocycles. The highest BCUT2D eigenvalue weighted by Gasteiger charge is 2.17. The number of rotatable bonds is 5.